The molecule has 0 rings (SSSR count). The smallest absolute Gasteiger partial charge is 0.456 e. The monoisotopic (exact) mass is 1100 g/mol. The number of phosphoric acid groups is 1. The first-order valence-corrected chi connectivity index (χ1v) is 33.8. The van der Waals surface area contributed by atoms with E-state index in [1.807, 2.05) is 33.3 Å². The molecule has 0 bridgehead atoms. The minimum atomic E-state index is -4.46. The molecule has 0 aliphatic carbocycles. The maximum atomic E-state index is 13.6. The molecule has 2 N–H and O–H groups in total. The van der Waals surface area contributed by atoms with Crippen LogP contribution in [0.5, 0.6) is 0 Å². The SMILES string of the molecule is CCCCC/C=C\C/C=C\C/C=C\CCCCCCCCC(=O)NC(COP(=O)(O)OCC[N+](C)(C)C)C(/C=C/CCCCCCCCCCCCC)OC(=O)CCCCCCCCCCC/C=C\C/C=C\CCCCC. The summed E-state index contributed by atoms with van der Waals surface area (Å²) >= 11 is 0. The molecule has 0 heterocycles. The Labute approximate surface area is 476 Å². The van der Waals surface area contributed by atoms with Gasteiger partial charge in [0.1, 0.15) is 19.3 Å². The number of allylic oxidation sites excluding steroid dienone is 11. The zero-order valence-electron chi connectivity index (χ0n) is 51.2. The quantitative estimate of drug-likeness (QED) is 0.0205. The van der Waals surface area contributed by atoms with E-state index in [1.165, 1.54) is 167 Å². The molecule has 3 unspecified atom stereocenters. The summed E-state index contributed by atoms with van der Waals surface area (Å²) in [5.41, 5.74) is 0. The Morgan fingerprint density at radius 1 is 0.455 bits per heavy atom. The van der Waals surface area contributed by atoms with Crippen LogP contribution in [0, 0.1) is 0 Å². The Bertz CT molecular complexity index is 1550. The number of likely N-dealkylation sites (N-methyl/N-ethyl adjacent to an activating group) is 1. The first-order valence-electron chi connectivity index (χ1n) is 32.3. The Morgan fingerprint density at radius 2 is 0.792 bits per heavy atom. The molecular formula is C67H124N2O7P+. The van der Waals surface area contributed by atoms with Crippen molar-refractivity contribution in [2.24, 2.45) is 0 Å². The predicted octanol–water partition coefficient (Wildman–Crippen LogP) is 20.0. The van der Waals surface area contributed by atoms with Gasteiger partial charge in [0.25, 0.3) is 0 Å². The molecule has 0 aliphatic rings. The molecule has 10 heteroatoms. The van der Waals surface area contributed by atoms with Gasteiger partial charge in [-0.3, -0.25) is 18.6 Å². The summed E-state index contributed by atoms with van der Waals surface area (Å²) in [4.78, 5) is 37.8. The van der Waals surface area contributed by atoms with E-state index in [1.54, 1.807) is 0 Å². The molecular weight excluding hydrogens is 976 g/mol. The van der Waals surface area contributed by atoms with Gasteiger partial charge < -0.3 is 19.4 Å². The lowest BCUT2D eigenvalue weighted by atomic mass is 10.0. The number of carbonyl (C=O) groups is 2. The number of carbonyl (C=O) groups excluding carboxylic acids is 2. The summed E-state index contributed by atoms with van der Waals surface area (Å²) < 4.78 is 30.7. The van der Waals surface area contributed by atoms with E-state index in [0.717, 1.165) is 89.9 Å². The summed E-state index contributed by atoms with van der Waals surface area (Å²) in [7, 11) is 1.48. The van der Waals surface area contributed by atoms with Crippen LogP contribution in [0.4, 0.5) is 0 Å². The summed E-state index contributed by atoms with van der Waals surface area (Å²) in [6.45, 7) is 6.97. The van der Waals surface area contributed by atoms with Gasteiger partial charge in [0.05, 0.1) is 33.8 Å². The number of nitrogens with zero attached hydrogens (tertiary/aromatic N) is 1. The number of amides is 1. The van der Waals surface area contributed by atoms with Gasteiger partial charge in [0.2, 0.25) is 5.91 Å². The van der Waals surface area contributed by atoms with Crippen LogP contribution in [0.3, 0.4) is 0 Å². The second-order valence-electron chi connectivity index (χ2n) is 22.9. The second kappa shape index (κ2) is 56.7. The predicted molar refractivity (Wildman–Crippen MR) is 332 cm³/mol. The van der Waals surface area contributed by atoms with Crippen molar-refractivity contribution in [2.45, 2.75) is 303 Å². The number of unbranched alkanes of at least 4 members (excludes halogenated alkanes) is 32. The number of quaternary nitrogens is 1. The van der Waals surface area contributed by atoms with Crippen LogP contribution in [0.25, 0.3) is 0 Å². The van der Waals surface area contributed by atoms with Crippen LogP contribution in [-0.2, 0) is 27.9 Å². The average Bonchev–Trinajstić information content (AvgIpc) is 3.39. The molecule has 77 heavy (non-hydrogen) atoms. The van der Waals surface area contributed by atoms with E-state index in [4.69, 9.17) is 13.8 Å². The molecule has 0 radical (unpaired) electrons. The standard InChI is InChI=1S/C67H123N2O7P/c1-7-10-13-16-19-22-25-28-30-32-34-36-38-41-44-47-50-53-56-59-66(70)68-64(63-75-77(72,73)74-62-61-69(4,5)6)65(58-55-52-49-46-43-40-27-24-21-18-15-12-9-3)76-67(71)60-57-54-51-48-45-42-39-37-35-33-31-29-26-23-20-17-14-11-8-2/h19-20,22-23,28-31,34,36,55,58,64-65H,7-18,21,24-27,32-33,35,37-54,56-57,59-63H2,1-6H3,(H-,68,70,72,73)/p+1/b22-19-,23-20-,30-28-,31-29-,36-34-,58-55+. The van der Waals surface area contributed by atoms with E-state index in [-0.39, 0.29) is 31.5 Å². The zero-order valence-corrected chi connectivity index (χ0v) is 52.1. The molecule has 3 atom stereocenters. The highest BCUT2D eigenvalue weighted by molar-refractivity contribution is 7.47. The fourth-order valence-electron chi connectivity index (χ4n) is 9.10. The molecule has 1 amide bonds. The van der Waals surface area contributed by atoms with Crippen LogP contribution in [0.1, 0.15) is 290 Å². The van der Waals surface area contributed by atoms with E-state index in [2.05, 4.69) is 86.8 Å². The third-order valence-electron chi connectivity index (χ3n) is 14.1. The van der Waals surface area contributed by atoms with Crippen LogP contribution in [0.15, 0.2) is 72.9 Å². The normalized spacial score (nSPS) is 14.1. The van der Waals surface area contributed by atoms with Gasteiger partial charge in [-0.25, -0.2) is 4.57 Å². The van der Waals surface area contributed by atoms with Crippen LogP contribution in [0.2, 0.25) is 0 Å². The third-order valence-corrected chi connectivity index (χ3v) is 15.1. The fourth-order valence-corrected chi connectivity index (χ4v) is 9.83. The van der Waals surface area contributed by atoms with Crippen molar-refractivity contribution in [3.63, 3.8) is 0 Å². The maximum Gasteiger partial charge on any atom is 0.472 e. The average molecular weight is 1100 g/mol. The molecule has 0 fully saturated rings. The maximum absolute atomic E-state index is 13.6. The lowest BCUT2D eigenvalue weighted by Crippen LogP contribution is -2.47. The lowest BCUT2D eigenvalue weighted by molar-refractivity contribution is -0.870. The summed E-state index contributed by atoms with van der Waals surface area (Å²) in [6.07, 6.45) is 73.2. The number of esters is 1. The number of phosphoric ester groups is 1. The number of nitrogens with one attached hydrogen (secondary N) is 1. The molecule has 448 valence electrons. The molecule has 0 aromatic heterocycles. The largest absolute Gasteiger partial charge is 0.472 e. The molecule has 0 spiro atoms. The molecule has 0 aliphatic heterocycles. The van der Waals surface area contributed by atoms with E-state index in [0.29, 0.717) is 17.4 Å². The van der Waals surface area contributed by atoms with E-state index in [9.17, 15) is 19.0 Å². The highest BCUT2D eigenvalue weighted by Crippen LogP contribution is 2.43. The first kappa shape index (κ1) is 74.5. The fraction of sp³-hybridized carbons (Fsp3) is 0.791. The van der Waals surface area contributed by atoms with Crippen molar-refractivity contribution in [1.82, 2.24) is 5.32 Å². The number of hydrogen-bond acceptors (Lipinski definition) is 6. The van der Waals surface area contributed by atoms with Crippen LogP contribution >= 0.6 is 7.82 Å². The van der Waals surface area contributed by atoms with Gasteiger partial charge in [0, 0.05) is 12.8 Å². The van der Waals surface area contributed by atoms with E-state index >= 15 is 0 Å². The molecule has 0 saturated heterocycles. The number of rotatable bonds is 58. The number of hydrogen-bond donors (Lipinski definition) is 2. The molecule has 0 aromatic rings. The highest BCUT2D eigenvalue weighted by Gasteiger charge is 2.30. The van der Waals surface area contributed by atoms with Gasteiger partial charge >= 0.3 is 13.8 Å². The van der Waals surface area contributed by atoms with Gasteiger partial charge in [-0.1, -0.05) is 248 Å². The second-order valence-corrected chi connectivity index (χ2v) is 24.4. The molecule has 9 nitrogen and oxygen atoms in total. The zero-order chi connectivity index (χ0) is 56.4. The Kier molecular flexibility index (Phi) is 54.8. The molecule has 0 saturated carbocycles. The summed E-state index contributed by atoms with van der Waals surface area (Å²) in [5, 5.41) is 3.06. The van der Waals surface area contributed by atoms with Crippen molar-refractivity contribution in [3.8, 4) is 0 Å². The Morgan fingerprint density at radius 3 is 1.21 bits per heavy atom. The van der Waals surface area contributed by atoms with Gasteiger partial charge in [-0.2, -0.15) is 0 Å². The Balaban J connectivity index is 5.28. The van der Waals surface area contributed by atoms with Crippen molar-refractivity contribution in [2.75, 3.05) is 40.9 Å². The summed E-state index contributed by atoms with van der Waals surface area (Å²) in [6, 6.07) is -0.860. The van der Waals surface area contributed by atoms with Crippen molar-refractivity contribution >= 4 is 19.7 Å². The van der Waals surface area contributed by atoms with Crippen molar-refractivity contribution in [1.29, 1.82) is 0 Å². The van der Waals surface area contributed by atoms with Gasteiger partial charge in [-0.05, 0) is 102 Å². The van der Waals surface area contributed by atoms with E-state index < -0.39 is 20.0 Å². The molecule has 0 aromatic carbocycles. The van der Waals surface area contributed by atoms with Gasteiger partial charge in [0.15, 0.2) is 0 Å². The lowest BCUT2D eigenvalue weighted by Gasteiger charge is -2.27. The van der Waals surface area contributed by atoms with Crippen LogP contribution in [-0.4, -0.2) is 74.3 Å². The van der Waals surface area contributed by atoms with Crippen molar-refractivity contribution < 1.29 is 37.3 Å². The third kappa shape index (κ3) is 57.9. The summed E-state index contributed by atoms with van der Waals surface area (Å²) in [5.74, 6) is -0.520. The number of ether oxygens (including phenoxy) is 1. The van der Waals surface area contributed by atoms with Gasteiger partial charge in [-0.15, -0.1) is 0 Å². The minimum Gasteiger partial charge on any atom is -0.456 e. The highest BCUT2D eigenvalue weighted by atomic mass is 31.2. The first-order chi connectivity index (χ1) is 37.4. The van der Waals surface area contributed by atoms with Crippen molar-refractivity contribution in [3.05, 3.63) is 72.9 Å². The Hall–Kier alpha value is -2.55. The topological polar surface area (TPSA) is 111 Å². The minimum absolute atomic E-state index is 0.0347. The van der Waals surface area contributed by atoms with Crippen LogP contribution < -0.4 is 5.32 Å².